The Hall–Kier alpha value is -2.37. The Morgan fingerprint density at radius 2 is 2.32 bits per heavy atom. The summed E-state index contributed by atoms with van der Waals surface area (Å²) in [5, 5.41) is 9.54. The first-order valence-electron chi connectivity index (χ1n) is 6.13. The molecule has 0 fully saturated rings. The molecule has 0 aliphatic carbocycles. The average Bonchev–Trinajstić information content (AvgIpc) is 2.80. The first kappa shape index (κ1) is 13.1. The van der Waals surface area contributed by atoms with E-state index in [-0.39, 0.29) is 17.0 Å². The number of nitrogens with one attached hydrogen (secondary N) is 3. The maximum atomic E-state index is 11.7. The molecule has 2 heterocycles. The maximum absolute atomic E-state index is 11.7. The number of aryl methyl sites for hydroxylation is 2. The molecular weight excluding hydrogens is 244 g/mol. The standard InChI is InChI=1S/C13H16N4O2/c1-9-10(8-16-17-9)4-2-6-14-12(18)11-5-3-7-15-13(11)19/h3,5,7-8H,2,4,6H2,1H3,(H,14,18)(H,15,19)(H,16,17). The predicted molar refractivity (Wildman–Crippen MR) is 71.0 cm³/mol. The number of nitrogens with zero attached hydrogens (tertiary/aromatic N) is 1. The van der Waals surface area contributed by atoms with Gasteiger partial charge in [-0.05, 0) is 37.5 Å². The molecule has 19 heavy (non-hydrogen) atoms. The van der Waals surface area contributed by atoms with E-state index < -0.39 is 0 Å². The third-order valence-corrected chi connectivity index (χ3v) is 2.91. The molecule has 100 valence electrons. The first-order valence-corrected chi connectivity index (χ1v) is 6.13. The minimum Gasteiger partial charge on any atom is -0.352 e. The Morgan fingerprint density at radius 3 is 3.00 bits per heavy atom. The molecule has 0 unspecified atom stereocenters. The number of hydrogen-bond donors (Lipinski definition) is 3. The Balaban J connectivity index is 1.80. The maximum Gasteiger partial charge on any atom is 0.260 e. The molecule has 0 bridgehead atoms. The minimum absolute atomic E-state index is 0.141. The van der Waals surface area contributed by atoms with Gasteiger partial charge in [0.15, 0.2) is 0 Å². The van der Waals surface area contributed by atoms with Crippen molar-refractivity contribution in [1.29, 1.82) is 0 Å². The molecule has 0 aliphatic heterocycles. The number of pyridine rings is 1. The first-order chi connectivity index (χ1) is 9.18. The van der Waals surface area contributed by atoms with Gasteiger partial charge in [-0.15, -0.1) is 0 Å². The fourth-order valence-electron chi connectivity index (χ4n) is 1.80. The fourth-order valence-corrected chi connectivity index (χ4v) is 1.80. The quantitative estimate of drug-likeness (QED) is 0.693. The van der Waals surface area contributed by atoms with Crippen molar-refractivity contribution in [3.05, 3.63) is 51.7 Å². The Morgan fingerprint density at radius 1 is 1.47 bits per heavy atom. The Bertz CT molecular complexity index is 615. The number of hydrogen-bond acceptors (Lipinski definition) is 3. The van der Waals surface area contributed by atoms with Gasteiger partial charge in [0, 0.05) is 18.4 Å². The van der Waals surface area contributed by atoms with E-state index in [1.165, 1.54) is 12.3 Å². The molecular formula is C13H16N4O2. The van der Waals surface area contributed by atoms with Crippen LogP contribution in [0.4, 0.5) is 0 Å². The van der Waals surface area contributed by atoms with E-state index in [2.05, 4.69) is 20.5 Å². The molecule has 2 rings (SSSR count). The van der Waals surface area contributed by atoms with Gasteiger partial charge in [0.05, 0.1) is 6.20 Å². The SMILES string of the molecule is Cc1[nH]ncc1CCCNC(=O)c1ccc[nH]c1=O. The summed E-state index contributed by atoms with van der Waals surface area (Å²) in [7, 11) is 0. The Kier molecular flexibility index (Phi) is 4.12. The normalized spacial score (nSPS) is 10.4. The van der Waals surface area contributed by atoms with Crippen LogP contribution < -0.4 is 10.9 Å². The van der Waals surface area contributed by atoms with Crippen molar-refractivity contribution in [2.24, 2.45) is 0 Å². The zero-order valence-electron chi connectivity index (χ0n) is 10.7. The lowest BCUT2D eigenvalue weighted by atomic mass is 10.1. The van der Waals surface area contributed by atoms with Gasteiger partial charge in [0.25, 0.3) is 11.5 Å². The van der Waals surface area contributed by atoms with Crippen LogP contribution in [-0.2, 0) is 6.42 Å². The summed E-state index contributed by atoms with van der Waals surface area (Å²) in [5.74, 6) is -0.342. The van der Waals surface area contributed by atoms with Crippen LogP contribution in [0.5, 0.6) is 0 Å². The van der Waals surface area contributed by atoms with Crippen molar-refractivity contribution in [3.63, 3.8) is 0 Å². The summed E-state index contributed by atoms with van der Waals surface area (Å²) in [6, 6.07) is 3.14. The van der Waals surface area contributed by atoms with Gasteiger partial charge in [-0.3, -0.25) is 14.7 Å². The second-order valence-corrected chi connectivity index (χ2v) is 4.29. The monoisotopic (exact) mass is 260 g/mol. The lowest BCUT2D eigenvalue weighted by Crippen LogP contribution is -2.30. The van der Waals surface area contributed by atoms with Gasteiger partial charge in [-0.1, -0.05) is 0 Å². The number of aromatic nitrogens is 3. The van der Waals surface area contributed by atoms with Gasteiger partial charge in [-0.25, -0.2) is 0 Å². The topological polar surface area (TPSA) is 90.6 Å². The van der Waals surface area contributed by atoms with Gasteiger partial charge < -0.3 is 10.3 Å². The van der Waals surface area contributed by atoms with Gasteiger partial charge in [-0.2, -0.15) is 5.10 Å². The number of H-pyrrole nitrogens is 2. The average molecular weight is 260 g/mol. The molecule has 2 aromatic heterocycles. The van der Waals surface area contributed by atoms with E-state index in [1.54, 1.807) is 12.3 Å². The molecule has 0 saturated heterocycles. The van der Waals surface area contributed by atoms with Crippen LogP contribution in [0.3, 0.4) is 0 Å². The van der Waals surface area contributed by atoms with Crippen molar-refractivity contribution in [2.45, 2.75) is 19.8 Å². The van der Waals surface area contributed by atoms with Crippen LogP contribution in [0.25, 0.3) is 0 Å². The molecule has 0 saturated carbocycles. The zero-order chi connectivity index (χ0) is 13.7. The summed E-state index contributed by atoms with van der Waals surface area (Å²) in [6.07, 6.45) is 4.93. The molecule has 0 aliphatic rings. The molecule has 6 heteroatoms. The van der Waals surface area contributed by atoms with Crippen LogP contribution in [-0.4, -0.2) is 27.6 Å². The largest absolute Gasteiger partial charge is 0.352 e. The molecule has 0 aromatic carbocycles. The molecule has 0 radical (unpaired) electrons. The van der Waals surface area contributed by atoms with Gasteiger partial charge in [0.2, 0.25) is 0 Å². The second-order valence-electron chi connectivity index (χ2n) is 4.29. The molecule has 6 nitrogen and oxygen atoms in total. The Labute approximate surface area is 110 Å². The second kappa shape index (κ2) is 5.99. The molecule has 3 N–H and O–H groups in total. The third-order valence-electron chi connectivity index (χ3n) is 2.91. The number of carbonyl (C=O) groups is 1. The molecule has 1 amide bonds. The smallest absolute Gasteiger partial charge is 0.260 e. The lowest BCUT2D eigenvalue weighted by Gasteiger charge is -2.04. The highest BCUT2D eigenvalue weighted by molar-refractivity contribution is 5.93. The van der Waals surface area contributed by atoms with Crippen LogP contribution in [0.2, 0.25) is 0 Å². The van der Waals surface area contributed by atoms with Crippen molar-refractivity contribution in [2.75, 3.05) is 6.54 Å². The fraction of sp³-hybridized carbons (Fsp3) is 0.308. The van der Waals surface area contributed by atoms with E-state index in [0.29, 0.717) is 6.54 Å². The molecule has 0 atom stereocenters. The highest BCUT2D eigenvalue weighted by Crippen LogP contribution is 2.05. The van der Waals surface area contributed by atoms with Crippen LogP contribution >= 0.6 is 0 Å². The summed E-state index contributed by atoms with van der Waals surface area (Å²) >= 11 is 0. The summed E-state index contributed by atoms with van der Waals surface area (Å²) < 4.78 is 0. The molecule has 0 spiro atoms. The number of amides is 1. The number of rotatable bonds is 5. The number of carbonyl (C=O) groups excluding carboxylic acids is 1. The summed E-state index contributed by atoms with van der Waals surface area (Å²) in [4.78, 5) is 25.6. The zero-order valence-corrected chi connectivity index (χ0v) is 10.7. The number of aromatic amines is 2. The van der Waals surface area contributed by atoms with Crippen molar-refractivity contribution in [1.82, 2.24) is 20.5 Å². The lowest BCUT2D eigenvalue weighted by molar-refractivity contribution is 0.0951. The van der Waals surface area contributed by atoms with E-state index >= 15 is 0 Å². The van der Waals surface area contributed by atoms with Crippen LogP contribution in [0.1, 0.15) is 28.0 Å². The molecule has 2 aromatic rings. The van der Waals surface area contributed by atoms with Gasteiger partial charge >= 0.3 is 0 Å². The summed E-state index contributed by atoms with van der Waals surface area (Å²) in [6.45, 7) is 2.49. The summed E-state index contributed by atoms with van der Waals surface area (Å²) in [5.41, 5.74) is 1.96. The van der Waals surface area contributed by atoms with Crippen molar-refractivity contribution in [3.8, 4) is 0 Å². The highest BCUT2D eigenvalue weighted by atomic mass is 16.2. The minimum atomic E-state index is -0.370. The van der Waals surface area contributed by atoms with Gasteiger partial charge in [0.1, 0.15) is 5.56 Å². The predicted octanol–water partition coefficient (Wildman–Crippen LogP) is 0.769. The van der Waals surface area contributed by atoms with E-state index in [1.807, 2.05) is 6.92 Å². The van der Waals surface area contributed by atoms with Crippen molar-refractivity contribution < 1.29 is 4.79 Å². The third kappa shape index (κ3) is 3.31. The van der Waals surface area contributed by atoms with Crippen molar-refractivity contribution >= 4 is 5.91 Å². The van der Waals surface area contributed by atoms with Crippen LogP contribution in [0, 0.1) is 6.92 Å². The van der Waals surface area contributed by atoms with E-state index in [0.717, 1.165) is 24.1 Å². The van der Waals surface area contributed by atoms with Crippen LogP contribution in [0.15, 0.2) is 29.3 Å². The van der Waals surface area contributed by atoms with E-state index in [9.17, 15) is 9.59 Å². The highest BCUT2D eigenvalue weighted by Gasteiger charge is 2.08. The van der Waals surface area contributed by atoms with E-state index in [4.69, 9.17) is 0 Å².